The highest BCUT2D eigenvalue weighted by Crippen LogP contribution is 2.33. The van der Waals surface area contributed by atoms with E-state index >= 15 is 0 Å². The Bertz CT molecular complexity index is 1200. The molecule has 1 aliphatic heterocycles. The van der Waals surface area contributed by atoms with Gasteiger partial charge in [-0.3, -0.25) is 0 Å². The van der Waals surface area contributed by atoms with Gasteiger partial charge in [-0.25, -0.2) is 30.0 Å². The van der Waals surface area contributed by atoms with E-state index in [0.29, 0.717) is 0 Å². The highest BCUT2D eigenvalue weighted by Gasteiger charge is 2.47. The van der Waals surface area contributed by atoms with Crippen molar-refractivity contribution >= 4 is 29.9 Å². The summed E-state index contributed by atoms with van der Waals surface area (Å²) in [6.07, 6.45) is 0.146. The normalized spacial score (nSPS) is 21.7. The maximum atomic E-state index is 13.3. The highest BCUT2D eigenvalue weighted by atomic mass is 32.2. The molecule has 1 heterocycles. The zero-order valence-electron chi connectivity index (χ0n) is 16.4. The van der Waals surface area contributed by atoms with E-state index in [1.54, 1.807) is 43.3 Å². The van der Waals surface area contributed by atoms with Crippen molar-refractivity contribution in [1.82, 2.24) is 9.03 Å². The fourth-order valence-corrected chi connectivity index (χ4v) is 8.64. The molecule has 0 spiro atoms. The number of nitrogens with zero attached hydrogens (tertiary/aromatic N) is 1. The summed E-state index contributed by atoms with van der Waals surface area (Å²) in [6.45, 7) is 1.19. The van der Waals surface area contributed by atoms with Crippen LogP contribution in [0.4, 0.5) is 0 Å². The van der Waals surface area contributed by atoms with Crippen molar-refractivity contribution in [1.29, 1.82) is 0 Å². The largest absolute Gasteiger partial charge is 0.243 e. The van der Waals surface area contributed by atoms with Crippen LogP contribution in [0.3, 0.4) is 0 Å². The first-order chi connectivity index (χ1) is 14.0. The summed E-state index contributed by atoms with van der Waals surface area (Å²) in [5.41, 5.74) is -1.16. The Hall–Kier alpha value is -1.79. The van der Waals surface area contributed by atoms with Gasteiger partial charge in [-0.15, -0.1) is 0 Å². The minimum Gasteiger partial charge on any atom is -0.229 e. The number of sulfonamides is 2. The van der Waals surface area contributed by atoms with Crippen molar-refractivity contribution in [2.45, 2.75) is 28.7 Å². The average Bonchev–Trinajstić information content (AvgIpc) is 3.00. The van der Waals surface area contributed by atoms with Crippen molar-refractivity contribution in [3.63, 3.8) is 0 Å². The molecule has 2 aromatic rings. The van der Waals surface area contributed by atoms with Crippen molar-refractivity contribution < 1.29 is 25.3 Å². The third kappa shape index (κ3) is 4.92. The monoisotopic (exact) mass is 472 g/mol. The molecule has 8 nitrogen and oxygen atoms in total. The second-order valence-corrected chi connectivity index (χ2v) is 13.3. The predicted molar refractivity (Wildman–Crippen MR) is 114 cm³/mol. The minimum absolute atomic E-state index is 0.0291. The van der Waals surface area contributed by atoms with Gasteiger partial charge in [-0.2, -0.15) is 4.31 Å². The zero-order valence-corrected chi connectivity index (χ0v) is 18.9. The topological polar surface area (TPSA) is 118 Å². The molecule has 0 aromatic heterocycles. The van der Waals surface area contributed by atoms with Crippen LogP contribution >= 0.6 is 0 Å². The Labute approximate surface area is 177 Å². The second-order valence-electron chi connectivity index (χ2n) is 7.44. The van der Waals surface area contributed by atoms with Gasteiger partial charge in [0.1, 0.15) is 0 Å². The third-order valence-electron chi connectivity index (χ3n) is 5.08. The van der Waals surface area contributed by atoms with Crippen LogP contribution in [-0.4, -0.2) is 59.7 Å². The average molecular weight is 473 g/mol. The molecule has 1 saturated heterocycles. The van der Waals surface area contributed by atoms with Gasteiger partial charge >= 0.3 is 0 Å². The van der Waals surface area contributed by atoms with Crippen LogP contribution in [0, 0.1) is 0 Å². The van der Waals surface area contributed by atoms with Gasteiger partial charge in [0, 0.05) is 18.6 Å². The van der Waals surface area contributed by atoms with Crippen LogP contribution in [0.1, 0.15) is 13.3 Å². The van der Waals surface area contributed by atoms with E-state index in [0.717, 1.165) is 4.31 Å². The standard InChI is InChI=1S/C19H24N2O6S3/c1-19(12-15-28(22,23)16-19)21(30(26,27)18-10-6-3-7-11-18)14-13-20-29(24,25)17-8-4-2-5-9-17/h2-11,20H,12-16H2,1H3/t19-/m1/s1. The molecule has 0 unspecified atom stereocenters. The number of rotatable bonds is 8. The van der Waals surface area contributed by atoms with Gasteiger partial charge < -0.3 is 0 Å². The summed E-state index contributed by atoms with van der Waals surface area (Å²) in [7, 11) is -11.2. The molecule has 3 rings (SSSR count). The fraction of sp³-hybridized carbons (Fsp3) is 0.368. The van der Waals surface area contributed by atoms with Crippen molar-refractivity contribution in [2.75, 3.05) is 24.6 Å². The molecule has 0 bridgehead atoms. The molecule has 11 heteroatoms. The van der Waals surface area contributed by atoms with E-state index in [1.165, 1.54) is 24.3 Å². The van der Waals surface area contributed by atoms with E-state index in [4.69, 9.17) is 0 Å². The second kappa shape index (κ2) is 8.39. The van der Waals surface area contributed by atoms with E-state index in [9.17, 15) is 25.3 Å². The van der Waals surface area contributed by atoms with Crippen molar-refractivity contribution in [3.05, 3.63) is 60.7 Å². The first-order valence-electron chi connectivity index (χ1n) is 9.29. The van der Waals surface area contributed by atoms with E-state index in [1.807, 2.05) is 0 Å². The molecule has 30 heavy (non-hydrogen) atoms. The number of nitrogens with one attached hydrogen (secondary N) is 1. The van der Waals surface area contributed by atoms with E-state index in [2.05, 4.69) is 4.72 Å². The molecule has 1 fully saturated rings. The van der Waals surface area contributed by atoms with Crippen LogP contribution in [-0.2, 0) is 29.9 Å². The lowest BCUT2D eigenvalue weighted by Gasteiger charge is -2.36. The molecular formula is C19H24N2O6S3. The summed E-state index contributed by atoms with van der Waals surface area (Å²) in [5, 5.41) is 0. The molecule has 0 aliphatic carbocycles. The Morgan fingerprint density at radius 2 is 1.47 bits per heavy atom. The smallest absolute Gasteiger partial charge is 0.229 e. The Balaban J connectivity index is 1.88. The third-order valence-corrected chi connectivity index (χ3v) is 10.5. The van der Waals surface area contributed by atoms with Gasteiger partial charge in [0.25, 0.3) is 0 Å². The van der Waals surface area contributed by atoms with Crippen molar-refractivity contribution in [2.24, 2.45) is 0 Å². The lowest BCUT2D eigenvalue weighted by Crippen LogP contribution is -2.53. The van der Waals surface area contributed by atoms with Gasteiger partial charge in [-0.05, 0) is 37.6 Å². The summed E-state index contributed by atoms with van der Waals surface area (Å²) in [6, 6.07) is 15.4. The van der Waals surface area contributed by atoms with Crippen LogP contribution < -0.4 is 4.72 Å². The Kier molecular flexibility index (Phi) is 6.40. The van der Waals surface area contributed by atoms with Gasteiger partial charge in [0.2, 0.25) is 20.0 Å². The fourth-order valence-electron chi connectivity index (χ4n) is 3.55. The zero-order chi connectivity index (χ0) is 22.0. The summed E-state index contributed by atoms with van der Waals surface area (Å²) >= 11 is 0. The maximum absolute atomic E-state index is 13.3. The molecule has 0 radical (unpaired) electrons. The van der Waals surface area contributed by atoms with Crippen LogP contribution in [0.5, 0.6) is 0 Å². The summed E-state index contributed by atoms with van der Waals surface area (Å²) < 4.78 is 79.3. The molecule has 1 aliphatic rings. The van der Waals surface area contributed by atoms with Gasteiger partial charge in [0.05, 0.1) is 21.3 Å². The molecule has 164 valence electrons. The minimum atomic E-state index is -4.04. The lowest BCUT2D eigenvalue weighted by molar-refractivity contribution is 0.236. The summed E-state index contributed by atoms with van der Waals surface area (Å²) in [4.78, 5) is 0.0959. The van der Waals surface area contributed by atoms with Crippen LogP contribution in [0.25, 0.3) is 0 Å². The van der Waals surface area contributed by atoms with E-state index in [-0.39, 0.29) is 40.8 Å². The Morgan fingerprint density at radius 3 is 1.97 bits per heavy atom. The quantitative estimate of drug-likeness (QED) is 0.618. The molecule has 1 atom stereocenters. The summed E-state index contributed by atoms with van der Waals surface area (Å²) in [5.74, 6) is -0.419. The SMILES string of the molecule is C[C@@]1(N(CCNS(=O)(=O)c2ccccc2)S(=O)(=O)c2ccccc2)CCS(=O)(=O)C1. The van der Waals surface area contributed by atoms with Gasteiger partial charge in [0.15, 0.2) is 9.84 Å². The maximum Gasteiger partial charge on any atom is 0.243 e. The number of hydrogen-bond donors (Lipinski definition) is 1. The highest BCUT2D eigenvalue weighted by molar-refractivity contribution is 7.92. The van der Waals surface area contributed by atoms with Crippen LogP contribution in [0.15, 0.2) is 70.5 Å². The first kappa shape index (κ1) is 22.9. The van der Waals surface area contributed by atoms with Crippen molar-refractivity contribution in [3.8, 4) is 0 Å². The molecule has 1 N–H and O–H groups in total. The molecule has 2 aromatic carbocycles. The molecule has 0 amide bonds. The Morgan fingerprint density at radius 1 is 0.933 bits per heavy atom. The molecule has 0 saturated carbocycles. The number of benzene rings is 2. The van der Waals surface area contributed by atoms with E-state index < -0.39 is 35.4 Å². The first-order valence-corrected chi connectivity index (χ1v) is 14.0. The number of sulfone groups is 1. The number of hydrogen-bond acceptors (Lipinski definition) is 6. The molecular weight excluding hydrogens is 448 g/mol. The predicted octanol–water partition coefficient (Wildman–Crippen LogP) is 1.23. The lowest BCUT2D eigenvalue weighted by atomic mass is 10.0. The van der Waals surface area contributed by atoms with Gasteiger partial charge in [-0.1, -0.05) is 36.4 Å². The van der Waals surface area contributed by atoms with Crippen LogP contribution in [0.2, 0.25) is 0 Å².